The van der Waals surface area contributed by atoms with E-state index >= 15 is 0 Å². The lowest BCUT2D eigenvalue weighted by molar-refractivity contribution is -0.247. The lowest BCUT2D eigenvalue weighted by Crippen LogP contribution is -2.64. The molecule has 8 atom stereocenters. The van der Waals surface area contributed by atoms with Gasteiger partial charge in [-0.3, -0.25) is 13.8 Å². The Morgan fingerprint density at radius 2 is 1.49 bits per heavy atom. The summed E-state index contributed by atoms with van der Waals surface area (Å²) in [6.07, 6.45) is 6.03. The number of nitrogens with one attached hydrogen (secondary N) is 1. The van der Waals surface area contributed by atoms with Crippen LogP contribution in [0.4, 0.5) is 0 Å². The van der Waals surface area contributed by atoms with E-state index in [0.717, 1.165) is 45.4 Å². The molecule has 1 aliphatic heterocycles. The number of allylic oxidation sites excluding steroid dienone is 6. The molecule has 250 valence electrons. The summed E-state index contributed by atoms with van der Waals surface area (Å²) in [5, 5.41) is 31.8. The number of carbonyl (C=O) groups is 1. The minimum absolute atomic E-state index is 0.121. The first-order valence-corrected chi connectivity index (χ1v) is 17.5. The van der Waals surface area contributed by atoms with Gasteiger partial charge in [0.05, 0.1) is 13.2 Å². The number of hydrogen-bond acceptors (Lipinski definition) is 10. The van der Waals surface area contributed by atoms with Crippen molar-refractivity contribution in [2.75, 3.05) is 13.2 Å². The summed E-state index contributed by atoms with van der Waals surface area (Å²) < 4.78 is 44.0. The van der Waals surface area contributed by atoms with Crippen LogP contribution in [-0.2, 0) is 32.0 Å². The topological polar surface area (TPSA) is 201 Å². The summed E-state index contributed by atoms with van der Waals surface area (Å²) in [7, 11) is -10.4. The summed E-state index contributed by atoms with van der Waals surface area (Å²) in [5.41, 5.74) is 4.01. The average molecular weight is 656 g/mol. The number of hydrogen-bond donors (Lipinski definition) is 6. The first kappa shape index (κ1) is 39.8. The van der Waals surface area contributed by atoms with Crippen LogP contribution in [0.2, 0.25) is 0 Å². The monoisotopic (exact) mass is 655 g/mol. The average Bonchev–Trinajstić information content (AvgIpc) is 2.87. The first-order valence-electron chi connectivity index (χ1n) is 14.5. The van der Waals surface area contributed by atoms with Gasteiger partial charge in [-0.25, -0.2) is 9.13 Å². The van der Waals surface area contributed by atoms with Crippen LogP contribution in [0.25, 0.3) is 0 Å². The number of phosphoric acid groups is 2. The van der Waals surface area contributed by atoms with Gasteiger partial charge in [0, 0.05) is 6.92 Å². The Labute approximate surface area is 255 Å². The van der Waals surface area contributed by atoms with Crippen molar-refractivity contribution in [3.8, 4) is 0 Å². The number of aliphatic hydroxyl groups excluding tert-OH is 3. The van der Waals surface area contributed by atoms with Crippen molar-refractivity contribution in [1.82, 2.24) is 5.32 Å². The molecule has 1 heterocycles. The summed E-state index contributed by atoms with van der Waals surface area (Å²) in [5.74, 6) is -0.579. The van der Waals surface area contributed by atoms with Gasteiger partial charge in [0.2, 0.25) is 5.91 Å². The lowest BCUT2D eigenvalue weighted by atomic mass is 9.97. The molecule has 1 amide bonds. The molecule has 0 spiro atoms. The maximum absolute atomic E-state index is 12.5. The van der Waals surface area contributed by atoms with Crippen molar-refractivity contribution in [1.29, 1.82) is 0 Å². The van der Waals surface area contributed by atoms with Crippen LogP contribution in [0.5, 0.6) is 0 Å². The fourth-order valence-electron chi connectivity index (χ4n) is 4.33. The second-order valence-electron chi connectivity index (χ2n) is 11.3. The smallest absolute Gasteiger partial charge is 0.394 e. The zero-order valence-electron chi connectivity index (χ0n) is 26.0. The van der Waals surface area contributed by atoms with E-state index in [1.54, 1.807) is 0 Å². The van der Waals surface area contributed by atoms with E-state index < -0.39 is 58.8 Å². The van der Waals surface area contributed by atoms with Crippen LogP contribution in [0.1, 0.15) is 86.5 Å². The molecule has 43 heavy (non-hydrogen) atoms. The molecule has 0 radical (unpaired) electrons. The highest BCUT2D eigenvalue weighted by Crippen LogP contribution is 2.61. The van der Waals surface area contributed by atoms with Crippen LogP contribution < -0.4 is 5.32 Å². The molecular formula is C28H51NO12P2. The van der Waals surface area contributed by atoms with E-state index in [1.807, 2.05) is 6.92 Å². The van der Waals surface area contributed by atoms with Crippen molar-refractivity contribution in [3.63, 3.8) is 0 Å². The van der Waals surface area contributed by atoms with Crippen molar-refractivity contribution < 1.29 is 57.1 Å². The highest BCUT2D eigenvalue weighted by atomic mass is 31.3. The molecular weight excluding hydrogens is 604 g/mol. The first-order chi connectivity index (χ1) is 20.0. The molecule has 0 saturated carbocycles. The maximum atomic E-state index is 12.5. The third kappa shape index (κ3) is 16.6. The van der Waals surface area contributed by atoms with Gasteiger partial charge in [-0.2, -0.15) is 4.31 Å². The number of amides is 1. The summed E-state index contributed by atoms with van der Waals surface area (Å²) >= 11 is 0. The Hall–Kier alpha value is -1.21. The Kier molecular flexibility index (Phi) is 17.9. The third-order valence-corrected chi connectivity index (χ3v) is 9.47. The number of phosphoric ester groups is 2. The molecule has 15 heteroatoms. The fourth-order valence-corrected chi connectivity index (χ4v) is 6.50. The van der Waals surface area contributed by atoms with Gasteiger partial charge in [0.15, 0.2) is 6.29 Å². The van der Waals surface area contributed by atoms with E-state index in [-0.39, 0.29) is 12.5 Å². The van der Waals surface area contributed by atoms with E-state index in [9.17, 15) is 39.0 Å². The molecule has 0 aromatic heterocycles. The molecule has 0 aromatic carbocycles. The molecule has 3 unspecified atom stereocenters. The van der Waals surface area contributed by atoms with E-state index in [0.29, 0.717) is 6.42 Å². The predicted octanol–water partition coefficient (Wildman–Crippen LogP) is 4.41. The van der Waals surface area contributed by atoms with Gasteiger partial charge in [-0.15, -0.1) is 0 Å². The fraction of sp³-hybridized carbons (Fsp3) is 0.750. The molecule has 13 nitrogen and oxygen atoms in total. The standard InChI is InChI=1S/C28H51NO12P2/c1-19(2)10-7-11-20(3)12-8-13-21(4)14-9-15-22(5)16-17-38-42(34,35)41-43(36,37)40-28-25(29-23(6)31)27(33)26(32)24(18-30)39-28/h10,12,14,22,24-28,30,32-33H,7-9,11,13,15-18H2,1-6H3,(H,29,31)(H,34,35)(H,36,37)/b20-12-,21-14-/t22?,24-,25-,26-,27-,28-/m1/s1. The Bertz CT molecular complexity index is 1060. The summed E-state index contributed by atoms with van der Waals surface area (Å²) in [6, 6.07) is -1.56. The van der Waals surface area contributed by atoms with Crippen molar-refractivity contribution in [3.05, 3.63) is 34.9 Å². The molecule has 0 aromatic rings. The molecule has 1 fully saturated rings. The number of carbonyl (C=O) groups excluding carboxylic acids is 1. The minimum Gasteiger partial charge on any atom is -0.394 e. The quantitative estimate of drug-likeness (QED) is 0.0847. The highest BCUT2D eigenvalue weighted by Gasteiger charge is 2.49. The molecule has 1 saturated heterocycles. The van der Waals surface area contributed by atoms with Crippen molar-refractivity contribution >= 4 is 21.6 Å². The Morgan fingerprint density at radius 1 is 0.907 bits per heavy atom. The molecule has 0 bridgehead atoms. The van der Waals surface area contributed by atoms with Crippen LogP contribution in [0, 0.1) is 5.92 Å². The molecule has 1 aliphatic rings. The predicted molar refractivity (Wildman–Crippen MR) is 162 cm³/mol. The largest absolute Gasteiger partial charge is 0.483 e. The van der Waals surface area contributed by atoms with E-state index in [2.05, 4.69) is 55.6 Å². The van der Waals surface area contributed by atoms with E-state index in [1.165, 1.54) is 16.7 Å². The van der Waals surface area contributed by atoms with Crippen LogP contribution in [-0.4, -0.2) is 74.9 Å². The molecule has 6 N–H and O–H groups in total. The van der Waals surface area contributed by atoms with Gasteiger partial charge in [0.1, 0.15) is 24.4 Å². The Balaban J connectivity index is 2.51. The zero-order chi connectivity index (χ0) is 32.8. The minimum atomic E-state index is -5.37. The second kappa shape index (κ2) is 19.3. The van der Waals surface area contributed by atoms with E-state index in [4.69, 9.17) is 13.8 Å². The number of aliphatic hydroxyl groups is 3. The number of ether oxygens (including phenoxy) is 1. The molecule has 0 aliphatic carbocycles. The van der Waals surface area contributed by atoms with Gasteiger partial charge in [-0.05, 0) is 78.6 Å². The van der Waals surface area contributed by atoms with Gasteiger partial charge in [0.25, 0.3) is 0 Å². The second-order valence-corrected chi connectivity index (χ2v) is 14.3. The van der Waals surface area contributed by atoms with Crippen molar-refractivity contribution in [2.45, 2.75) is 117 Å². The van der Waals surface area contributed by atoms with Crippen LogP contribution in [0.3, 0.4) is 0 Å². The number of rotatable bonds is 19. The normalized spacial score (nSPS) is 26.7. The highest BCUT2D eigenvalue weighted by molar-refractivity contribution is 7.61. The van der Waals surface area contributed by atoms with Crippen LogP contribution in [0.15, 0.2) is 34.9 Å². The summed E-state index contributed by atoms with van der Waals surface area (Å²) in [6.45, 7) is 10.4. The lowest BCUT2D eigenvalue weighted by Gasteiger charge is -2.42. The zero-order valence-corrected chi connectivity index (χ0v) is 27.8. The molecule has 1 rings (SSSR count). The SMILES string of the molecule is CC(=O)N[C@H]1[C@@H](OP(=O)(O)OP(=O)(O)OCCC(C)CC/C=C(/C)CC/C=C(/C)CCC=C(C)C)O[C@H](CO)[C@@H](O)[C@@H]1O. The van der Waals surface area contributed by atoms with Gasteiger partial charge < -0.3 is 35.2 Å². The van der Waals surface area contributed by atoms with Crippen molar-refractivity contribution in [2.24, 2.45) is 5.92 Å². The maximum Gasteiger partial charge on any atom is 0.483 e. The van der Waals surface area contributed by atoms with Gasteiger partial charge in [-0.1, -0.05) is 41.9 Å². The third-order valence-electron chi connectivity index (χ3n) is 6.83. The van der Waals surface area contributed by atoms with Crippen LogP contribution >= 0.6 is 15.6 Å². The Morgan fingerprint density at radius 3 is 2.05 bits per heavy atom. The van der Waals surface area contributed by atoms with Gasteiger partial charge >= 0.3 is 15.6 Å². The summed E-state index contributed by atoms with van der Waals surface area (Å²) in [4.78, 5) is 31.6.